The van der Waals surface area contributed by atoms with E-state index < -0.39 is 17.5 Å². The molecule has 0 N–H and O–H groups in total. The maximum Gasteiger partial charge on any atom is 0.333 e. The predicted molar refractivity (Wildman–Crippen MR) is 51.6 cm³/mol. The molecule has 0 aliphatic carbocycles. The Morgan fingerprint density at radius 1 is 1.21 bits per heavy atom. The van der Waals surface area contributed by atoms with Crippen LogP contribution in [-0.4, -0.2) is 24.6 Å². The highest BCUT2D eigenvalue weighted by Gasteiger charge is 2.15. The van der Waals surface area contributed by atoms with E-state index >= 15 is 0 Å². The number of rotatable bonds is 2. The smallest absolute Gasteiger partial charge is 0.333 e. The molecule has 4 heteroatoms. The van der Waals surface area contributed by atoms with E-state index in [9.17, 15) is 9.59 Å². The molecule has 0 aliphatic rings. The standard InChI is InChI=1S/C10H16O4/c1-7(9(12)13-5)6-8(11)14-10(2,3)4/h6H,1-5H3. The van der Waals surface area contributed by atoms with Gasteiger partial charge in [-0.1, -0.05) is 0 Å². The van der Waals surface area contributed by atoms with Gasteiger partial charge in [0.15, 0.2) is 0 Å². The van der Waals surface area contributed by atoms with E-state index in [0.717, 1.165) is 6.08 Å². The van der Waals surface area contributed by atoms with E-state index in [4.69, 9.17) is 4.74 Å². The first-order valence-corrected chi connectivity index (χ1v) is 4.26. The lowest BCUT2D eigenvalue weighted by Gasteiger charge is -2.18. The summed E-state index contributed by atoms with van der Waals surface area (Å²) in [6.07, 6.45) is 1.12. The summed E-state index contributed by atoms with van der Waals surface area (Å²) in [7, 11) is 1.26. The van der Waals surface area contributed by atoms with Gasteiger partial charge in [0.2, 0.25) is 0 Å². The third-order valence-electron chi connectivity index (χ3n) is 1.25. The molecule has 0 radical (unpaired) electrons. The molecule has 0 amide bonds. The summed E-state index contributed by atoms with van der Waals surface area (Å²) in [5.41, 5.74) is -0.328. The molecule has 0 aliphatic heterocycles. The van der Waals surface area contributed by atoms with Crippen molar-refractivity contribution >= 4 is 11.9 Å². The van der Waals surface area contributed by atoms with Gasteiger partial charge in [-0.25, -0.2) is 9.59 Å². The van der Waals surface area contributed by atoms with Crippen LogP contribution < -0.4 is 0 Å². The van der Waals surface area contributed by atoms with Crippen LogP contribution in [-0.2, 0) is 19.1 Å². The Morgan fingerprint density at radius 3 is 2.07 bits per heavy atom. The Balaban J connectivity index is 4.37. The zero-order chi connectivity index (χ0) is 11.4. The first-order valence-electron chi connectivity index (χ1n) is 4.26. The number of hydrogen-bond acceptors (Lipinski definition) is 4. The summed E-state index contributed by atoms with van der Waals surface area (Å²) in [6.45, 7) is 6.76. The lowest BCUT2D eigenvalue weighted by Crippen LogP contribution is -2.23. The van der Waals surface area contributed by atoms with E-state index in [1.54, 1.807) is 20.8 Å². The fourth-order valence-electron chi connectivity index (χ4n) is 0.728. The highest BCUT2D eigenvalue weighted by atomic mass is 16.6. The van der Waals surface area contributed by atoms with Crippen LogP contribution >= 0.6 is 0 Å². The fraction of sp³-hybridized carbons (Fsp3) is 0.600. The van der Waals surface area contributed by atoms with Gasteiger partial charge in [0, 0.05) is 11.6 Å². The Morgan fingerprint density at radius 2 is 1.71 bits per heavy atom. The number of carbonyl (C=O) groups is 2. The molecule has 0 aromatic heterocycles. The van der Waals surface area contributed by atoms with Gasteiger partial charge < -0.3 is 9.47 Å². The molecule has 0 aromatic carbocycles. The summed E-state index contributed by atoms with van der Waals surface area (Å²) >= 11 is 0. The molecule has 80 valence electrons. The van der Waals surface area contributed by atoms with Crippen LogP contribution in [0.4, 0.5) is 0 Å². The van der Waals surface area contributed by atoms with E-state index in [-0.39, 0.29) is 5.57 Å². The van der Waals surface area contributed by atoms with Crippen molar-refractivity contribution in [3.8, 4) is 0 Å². The van der Waals surface area contributed by atoms with E-state index in [1.807, 2.05) is 0 Å². The van der Waals surface area contributed by atoms with Crippen LogP contribution in [0.1, 0.15) is 27.7 Å². The van der Waals surface area contributed by atoms with Crippen molar-refractivity contribution in [3.63, 3.8) is 0 Å². The number of esters is 2. The Labute approximate surface area is 83.9 Å². The average Bonchev–Trinajstić information content (AvgIpc) is 1.99. The Bertz CT molecular complexity index is 258. The van der Waals surface area contributed by atoms with Gasteiger partial charge in [-0.2, -0.15) is 0 Å². The second kappa shape index (κ2) is 4.79. The maximum atomic E-state index is 11.2. The van der Waals surface area contributed by atoms with Crippen LogP contribution in [0.25, 0.3) is 0 Å². The van der Waals surface area contributed by atoms with Gasteiger partial charge in [0.05, 0.1) is 7.11 Å². The molecule has 0 atom stereocenters. The molecule has 0 bridgehead atoms. The lowest BCUT2D eigenvalue weighted by atomic mass is 10.2. The quantitative estimate of drug-likeness (QED) is 0.500. The van der Waals surface area contributed by atoms with Gasteiger partial charge in [-0.05, 0) is 27.7 Å². The molecule has 0 rings (SSSR count). The van der Waals surface area contributed by atoms with Crippen LogP contribution in [0.2, 0.25) is 0 Å². The SMILES string of the molecule is COC(=O)C(C)=CC(=O)OC(C)(C)C. The predicted octanol–water partition coefficient (Wildman–Crippen LogP) is 1.45. The summed E-state index contributed by atoms with van der Waals surface area (Å²) in [5, 5.41) is 0. The molecule has 0 saturated heterocycles. The van der Waals surface area contributed by atoms with Crippen molar-refractivity contribution in [2.24, 2.45) is 0 Å². The lowest BCUT2D eigenvalue weighted by molar-refractivity contribution is -0.149. The molecule has 0 saturated carbocycles. The van der Waals surface area contributed by atoms with Crippen LogP contribution in [0.5, 0.6) is 0 Å². The molecule has 14 heavy (non-hydrogen) atoms. The molecule has 0 heterocycles. The summed E-state index contributed by atoms with van der Waals surface area (Å²) in [6, 6.07) is 0. The van der Waals surface area contributed by atoms with Crippen LogP contribution in [0.15, 0.2) is 11.6 Å². The zero-order valence-corrected chi connectivity index (χ0v) is 9.21. The summed E-state index contributed by atoms with van der Waals surface area (Å²) < 4.78 is 9.41. The van der Waals surface area contributed by atoms with Crippen molar-refractivity contribution in [2.45, 2.75) is 33.3 Å². The van der Waals surface area contributed by atoms with Gasteiger partial charge in [0.25, 0.3) is 0 Å². The molecule has 0 spiro atoms. The highest BCUT2D eigenvalue weighted by molar-refractivity contribution is 5.95. The van der Waals surface area contributed by atoms with E-state index in [2.05, 4.69) is 4.74 Å². The normalized spacial score (nSPS) is 12.2. The van der Waals surface area contributed by atoms with Crippen molar-refractivity contribution in [1.29, 1.82) is 0 Å². The first kappa shape index (κ1) is 12.7. The number of ether oxygens (including phenoxy) is 2. The minimum atomic E-state index is -0.552. The van der Waals surface area contributed by atoms with Gasteiger partial charge in [0.1, 0.15) is 5.60 Å². The molecular formula is C10H16O4. The average molecular weight is 200 g/mol. The van der Waals surface area contributed by atoms with Gasteiger partial charge in [-0.3, -0.25) is 0 Å². The summed E-state index contributed by atoms with van der Waals surface area (Å²) in [5.74, 6) is -1.07. The third kappa shape index (κ3) is 5.35. The second-order valence-electron chi connectivity index (χ2n) is 3.85. The van der Waals surface area contributed by atoms with Crippen molar-refractivity contribution in [2.75, 3.05) is 7.11 Å². The van der Waals surface area contributed by atoms with Crippen molar-refractivity contribution in [1.82, 2.24) is 0 Å². The molecule has 0 aromatic rings. The van der Waals surface area contributed by atoms with E-state index in [0.29, 0.717) is 0 Å². The first-order chi connectivity index (χ1) is 6.26. The Hall–Kier alpha value is -1.32. The number of hydrogen-bond donors (Lipinski definition) is 0. The van der Waals surface area contributed by atoms with Crippen molar-refractivity contribution < 1.29 is 19.1 Å². The van der Waals surface area contributed by atoms with Crippen molar-refractivity contribution in [3.05, 3.63) is 11.6 Å². The number of carbonyl (C=O) groups excluding carboxylic acids is 2. The maximum absolute atomic E-state index is 11.2. The second-order valence-corrected chi connectivity index (χ2v) is 3.85. The molecular weight excluding hydrogens is 184 g/mol. The monoisotopic (exact) mass is 200 g/mol. The fourth-order valence-corrected chi connectivity index (χ4v) is 0.728. The minimum absolute atomic E-state index is 0.224. The third-order valence-corrected chi connectivity index (χ3v) is 1.25. The topological polar surface area (TPSA) is 52.6 Å². The minimum Gasteiger partial charge on any atom is -0.466 e. The molecule has 4 nitrogen and oxygen atoms in total. The van der Waals surface area contributed by atoms with E-state index in [1.165, 1.54) is 14.0 Å². The van der Waals surface area contributed by atoms with Crippen LogP contribution in [0.3, 0.4) is 0 Å². The largest absolute Gasteiger partial charge is 0.466 e. The molecule has 0 unspecified atom stereocenters. The summed E-state index contributed by atoms with van der Waals surface area (Å²) in [4.78, 5) is 22.1. The Kier molecular flexibility index (Phi) is 4.34. The van der Waals surface area contributed by atoms with Gasteiger partial charge >= 0.3 is 11.9 Å². The van der Waals surface area contributed by atoms with Crippen LogP contribution in [0, 0.1) is 0 Å². The highest BCUT2D eigenvalue weighted by Crippen LogP contribution is 2.08. The zero-order valence-electron chi connectivity index (χ0n) is 9.21. The molecule has 0 fully saturated rings. The number of methoxy groups -OCH3 is 1. The van der Waals surface area contributed by atoms with Gasteiger partial charge in [-0.15, -0.1) is 0 Å².